The number of nitrogens with zero attached hydrogens (tertiary/aromatic N) is 1. The zero-order valence-electron chi connectivity index (χ0n) is 17.5. The maximum atomic E-state index is 12.7. The lowest BCUT2D eigenvalue weighted by atomic mass is 10.1. The second-order valence-corrected chi connectivity index (χ2v) is 7.78. The van der Waals surface area contributed by atoms with E-state index in [-0.39, 0.29) is 17.2 Å². The monoisotopic (exact) mass is 466 g/mol. The van der Waals surface area contributed by atoms with Gasteiger partial charge in [0.1, 0.15) is 29.7 Å². The first-order valence-electron chi connectivity index (χ1n) is 9.64. The zero-order valence-corrected chi connectivity index (χ0v) is 19.0. The highest BCUT2D eigenvalue weighted by atomic mass is 35.5. The van der Waals surface area contributed by atoms with E-state index in [9.17, 15) is 10.1 Å². The summed E-state index contributed by atoms with van der Waals surface area (Å²) in [4.78, 5) is 12.7. The number of anilines is 1. The van der Waals surface area contributed by atoms with Crippen LogP contribution in [0, 0.1) is 18.3 Å². The first-order valence-corrected chi connectivity index (χ1v) is 10.4. The highest BCUT2D eigenvalue weighted by Crippen LogP contribution is 2.34. The first-order chi connectivity index (χ1) is 15.4. The van der Waals surface area contributed by atoms with Crippen LogP contribution in [-0.4, -0.2) is 13.0 Å². The van der Waals surface area contributed by atoms with Crippen molar-refractivity contribution in [3.05, 3.63) is 93.0 Å². The fraction of sp³-hybridized carbons (Fsp3) is 0.120. The quantitative estimate of drug-likeness (QED) is 0.321. The molecule has 5 nitrogen and oxygen atoms in total. The minimum Gasteiger partial charge on any atom is -0.497 e. The van der Waals surface area contributed by atoms with E-state index in [4.69, 9.17) is 32.7 Å². The summed E-state index contributed by atoms with van der Waals surface area (Å²) in [5.41, 5.74) is 2.92. The van der Waals surface area contributed by atoms with Gasteiger partial charge < -0.3 is 14.8 Å². The molecule has 0 spiro atoms. The van der Waals surface area contributed by atoms with Gasteiger partial charge in [-0.15, -0.1) is 0 Å². The first kappa shape index (κ1) is 23.2. The number of hydrogen-bond donors (Lipinski definition) is 1. The summed E-state index contributed by atoms with van der Waals surface area (Å²) < 4.78 is 11.0. The molecule has 0 heterocycles. The van der Waals surface area contributed by atoms with Gasteiger partial charge in [0.15, 0.2) is 0 Å². The van der Waals surface area contributed by atoms with Crippen molar-refractivity contribution in [1.29, 1.82) is 5.26 Å². The molecule has 1 amide bonds. The number of ether oxygens (including phenoxy) is 2. The van der Waals surface area contributed by atoms with Gasteiger partial charge in [-0.3, -0.25) is 4.79 Å². The molecule has 0 radical (unpaired) electrons. The molecule has 0 aromatic heterocycles. The summed E-state index contributed by atoms with van der Waals surface area (Å²) >= 11 is 12.5. The van der Waals surface area contributed by atoms with Crippen LogP contribution in [0.25, 0.3) is 6.08 Å². The predicted octanol–water partition coefficient (Wildman–Crippen LogP) is 6.44. The maximum absolute atomic E-state index is 12.7. The summed E-state index contributed by atoms with van der Waals surface area (Å²) in [5.74, 6) is 0.419. The number of benzene rings is 3. The van der Waals surface area contributed by atoms with E-state index in [0.717, 1.165) is 11.1 Å². The van der Waals surface area contributed by atoms with Crippen LogP contribution in [0.1, 0.15) is 16.7 Å². The molecule has 0 aliphatic rings. The summed E-state index contributed by atoms with van der Waals surface area (Å²) in [7, 11) is 1.55. The number of aryl methyl sites for hydroxylation is 1. The number of halogens is 2. The zero-order chi connectivity index (χ0) is 23.1. The van der Waals surface area contributed by atoms with Gasteiger partial charge in [0, 0.05) is 16.3 Å². The van der Waals surface area contributed by atoms with Crippen LogP contribution in [0.5, 0.6) is 11.5 Å². The number of hydrogen-bond acceptors (Lipinski definition) is 4. The molecular formula is C25H20Cl2N2O3. The second kappa shape index (κ2) is 10.7. The average molecular weight is 467 g/mol. The van der Waals surface area contributed by atoms with Crippen LogP contribution in [0.15, 0.2) is 66.2 Å². The Balaban J connectivity index is 1.85. The van der Waals surface area contributed by atoms with Crippen LogP contribution < -0.4 is 14.8 Å². The van der Waals surface area contributed by atoms with Crippen molar-refractivity contribution >= 4 is 40.9 Å². The minimum atomic E-state index is -0.571. The van der Waals surface area contributed by atoms with Gasteiger partial charge in [-0.05, 0) is 55.0 Å². The van der Waals surface area contributed by atoms with Crippen LogP contribution in [0.2, 0.25) is 10.0 Å². The largest absolute Gasteiger partial charge is 0.497 e. The Labute approximate surface area is 196 Å². The van der Waals surface area contributed by atoms with Gasteiger partial charge in [0.25, 0.3) is 5.91 Å². The van der Waals surface area contributed by atoms with Gasteiger partial charge in [-0.1, -0.05) is 53.0 Å². The molecule has 0 aliphatic carbocycles. The second-order valence-electron chi connectivity index (χ2n) is 6.93. The highest BCUT2D eigenvalue weighted by Gasteiger charge is 2.15. The fourth-order valence-electron chi connectivity index (χ4n) is 2.86. The Bertz CT molecular complexity index is 1180. The Morgan fingerprint density at radius 1 is 1.09 bits per heavy atom. The molecule has 0 atom stereocenters. The summed E-state index contributed by atoms with van der Waals surface area (Å²) in [6, 6.07) is 19.7. The normalized spacial score (nSPS) is 10.9. The maximum Gasteiger partial charge on any atom is 0.266 e. The Morgan fingerprint density at radius 3 is 2.41 bits per heavy atom. The number of nitriles is 1. The Hall–Kier alpha value is -3.46. The van der Waals surface area contributed by atoms with E-state index >= 15 is 0 Å². The molecule has 0 bridgehead atoms. The molecule has 0 fully saturated rings. The van der Waals surface area contributed by atoms with Crippen molar-refractivity contribution in [2.75, 3.05) is 12.4 Å². The molecule has 0 aliphatic heterocycles. The lowest BCUT2D eigenvalue weighted by Crippen LogP contribution is -2.13. The SMILES string of the molecule is COc1ccc(NC(=O)/C(C#N)=C/c2cc(Cl)cc(Cl)c2OCc2ccc(C)cc2)cc1. The smallest absolute Gasteiger partial charge is 0.266 e. The summed E-state index contributed by atoms with van der Waals surface area (Å²) in [6.45, 7) is 2.27. The average Bonchev–Trinajstić information content (AvgIpc) is 2.78. The van der Waals surface area contributed by atoms with Crippen molar-refractivity contribution in [3.63, 3.8) is 0 Å². The molecule has 3 rings (SSSR count). The minimum absolute atomic E-state index is 0.126. The van der Waals surface area contributed by atoms with Gasteiger partial charge in [0.2, 0.25) is 0 Å². The third-order valence-electron chi connectivity index (χ3n) is 4.55. The molecule has 0 saturated carbocycles. The molecular weight excluding hydrogens is 447 g/mol. The number of carbonyl (C=O) groups is 1. The topological polar surface area (TPSA) is 71.3 Å². The van der Waals surface area contributed by atoms with Gasteiger partial charge in [-0.2, -0.15) is 5.26 Å². The predicted molar refractivity (Wildman–Crippen MR) is 127 cm³/mol. The van der Waals surface area contributed by atoms with E-state index in [1.165, 1.54) is 6.08 Å². The standard InChI is InChI=1S/C25H20Cl2N2O3/c1-16-3-5-17(6-4-16)15-32-24-18(12-20(26)13-23(24)27)11-19(14-28)25(30)29-21-7-9-22(31-2)10-8-21/h3-13H,15H2,1-2H3,(H,29,30)/b19-11+. The van der Waals surface area contributed by atoms with Gasteiger partial charge in [-0.25, -0.2) is 0 Å². The molecule has 3 aromatic carbocycles. The van der Waals surface area contributed by atoms with Crippen molar-refractivity contribution in [3.8, 4) is 17.6 Å². The van der Waals surface area contributed by atoms with Crippen LogP contribution in [0.3, 0.4) is 0 Å². The number of carbonyl (C=O) groups excluding carboxylic acids is 1. The molecule has 0 unspecified atom stereocenters. The fourth-order valence-corrected chi connectivity index (χ4v) is 3.42. The van der Waals surface area contributed by atoms with Crippen molar-refractivity contribution in [2.24, 2.45) is 0 Å². The van der Waals surface area contributed by atoms with Crippen LogP contribution in [-0.2, 0) is 11.4 Å². The Kier molecular flexibility index (Phi) is 7.77. The molecule has 3 aromatic rings. The molecule has 0 saturated heterocycles. The highest BCUT2D eigenvalue weighted by molar-refractivity contribution is 6.36. The number of amides is 1. The third-order valence-corrected chi connectivity index (χ3v) is 5.05. The van der Waals surface area contributed by atoms with E-state index in [2.05, 4.69) is 5.32 Å². The van der Waals surface area contributed by atoms with Gasteiger partial charge in [0.05, 0.1) is 12.1 Å². The lowest BCUT2D eigenvalue weighted by Gasteiger charge is -2.13. The number of methoxy groups -OCH3 is 1. The summed E-state index contributed by atoms with van der Waals surface area (Å²) in [5, 5.41) is 12.9. The molecule has 32 heavy (non-hydrogen) atoms. The molecule has 7 heteroatoms. The molecule has 162 valence electrons. The van der Waals surface area contributed by atoms with Crippen LogP contribution in [0.4, 0.5) is 5.69 Å². The van der Waals surface area contributed by atoms with Crippen molar-refractivity contribution in [1.82, 2.24) is 0 Å². The summed E-state index contributed by atoms with van der Waals surface area (Å²) in [6.07, 6.45) is 1.40. The van der Waals surface area contributed by atoms with E-state index in [1.807, 2.05) is 37.3 Å². The number of rotatable bonds is 7. The van der Waals surface area contributed by atoms with E-state index in [0.29, 0.717) is 27.8 Å². The molecule has 1 N–H and O–H groups in total. The lowest BCUT2D eigenvalue weighted by molar-refractivity contribution is -0.112. The van der Waals surface area contributed by atoms with Crippen LogP contribution >= 0.6 is 23.2 Å². The third kappa shape index (κ3) is 6.04. The van der Waals surface area contributed by atoms with E-state index < -0.39 is 5.91 Å². The van der Waals surface area contributed by atoms with E-state index in [1.54, 1.807) is 43.5 Å². The Morgan fingerprint density at radius 2 is 1.78 bits per heavy atom. The number of nitrogens with one attached hydrogen (secondary N) is 1. The van der Waals surface area contributed by atoms with Crippen molar-refractivity contribution in [2.45, 2.75) is 13.5 Å². The van der Waals surface area contributed by atoms with Crippen molar-refractivity contribution < 1.29 is 14.3 Å². The van der Waals surface area contributed by atoms with Gasteiger partial charge >= 0.3 is 0 Å².